The van der Waals surface area contributed by atoms with Crippen LogP contribution < -0.4 is 5.32 Å². The molecular weight excluding hydrogens is 337 g/mol. The maximum atomic E-state index is 11.7. The smallest absolute Gasteiger partial charge is 0.331 e. The van der Waals surface area contributed by atoms with Crippen LogP contribution in [-0.2, 0) is 14.3 Å². The molecule has 118 valence electrons. The Balaban J connectivity index is 1.78. The fraction of sp³-hybridized carbons (Fsp3) is 0.0588. The van der Waals surface area contributed by atoms with E-state index < -0.39 is 11.9 Å². The molecular formula is C17H13Cl2NO3. The zero-order valence-corrected chi connectivity index (χ0v) is 13.5. The number of hydrogen-bond acceptors (Lipinski definition) is 3. The molecule has 0 spiro atoms. The molecule has 2 aromatic carbocycles. The summed E-state index contributed by atoms with van der Waals surface area (Å²) in [6.45, 7) is -0.369. The van der Waals surface area contributed by atoms with E-state index in [2.05, 4.69) is 5.32 Å². The molecule has 2 aromatic rings. The second-order valence-electron chi connectivity index (χ2n) is 4.55. The van der Waals surface area contributed by atoms with Crippen molar-refractivity contribution in [2.45, 2.75) is 0 Å². The number of carbonyl (C=O) groups excluding carboxylic acids is 2. The van der Waals surface area contributed by atoms with E-state index in [0.717, 1.165) is 5.56 Å². The highest BCUT2D eigenvalue weighted by molar-refractivity contribution is 6.30. The number of ether oxygens (including phenoxy) is 1. The Morgan fingerprint density at radius 2 is 1.52 bits per heavy atom. The summed E-state index contributed by atoms with van der Waals surface area (Å²) in [5.41, 5.74) is 1.38. The Morgan fingerprint density at radius 3 is 2.13 bits per heavy atom. The van der Waals surface area contributed by atoms with E-state index in [0.29, 0.717) is 15.7 Å². The van der Waals surface area contributed by atoms with Gasteiger partial charge in [-0.05, 0) is 48.0 Å². The third-order valence-corrected chi connectivity index (χ3v) is 3.26. The van der Waals surface area contributed by atoms with Gasteiger partial charge in [0.1, 0.15) is 0 Å². The lowest BCUT2D eigenvalue weighted by Crippen LogP contribution is -2.20. The maximum absolute atomic E-state index is 11.7. The van der Waals surface area contributed by atoms with Gasteiger partial charge in [-0.25, -0.2) is 4.79 Å². The Labute approximate surface area is 143 Å². The van der Waals surface area contributed by atoms with Gasteiger partial charge in [-0.1, -0.05) is 35.3 Å². The molecule has 2 rings (SSSR count). The molecule has 1 N–H and O–H groups in total. The third kappa shape index (κ3) is 6.14. The van der Waals surface area contributed by atoms with Crippen molar-refractivity contribution in [3.63, 3.8) is 0 Å². The molecule has 23 heavy (non-hydrogen) atoms. The van der Waals surface area contributed by atoms with Gasteiger partial charge in [0.25, 0.3) is 5.91 Å². The van der Waals surface area contributed by atoms with Crippen LogP contribution in [0.2, 0.25) is 10.0 Å². The lowest BCUT2D eigenvalue weighted by atomic mass is 10.2. The van der Waals surface area contributed by atoms with E-state index >= 15 is 0 Å². The number of carbonyl (C=O) groups is 2. The first-order valence-corrected chi connectivity index (χ1v) is 7.44. The van der Waals surface area contributed by atoms with Gasteiger partial charge < -0.3 is 10.1 Å². The van der Waals surface area contributed by atoms with Crippen LogP contribution in [0, 0.1) is 0 Å². The van der Waals surface area contributed by atoms with E-state index in [1.807, 2.05) is 0 Å². The fourth-order valence-electron chi connectivity index (χ4n) is 1.65. The average Bonchev–Trinajstić information content (AvgIpc) is 2.54. The summed E-state index contributed by atoms with van der Waals surface area (Å²) in [6, 6.07) is 13.6. The van der Waals surface area contributed by atoms with E-state index in [-0.39, 0.29) is 6.61 Å². The second-order valence-corrected chi connectivity index (χ2v) is 5.42. The number of halogens is 2. The van der Waals surface area contributed by atoms with Gasteiger partial charge in [0.05, 0.1) is 0 Å². The van der Waals surface area contributed by atoms with Crippen molar-refractivity contribution in [2.75, 3.05) is 11.9 Å². The number of anilines is 1. The molecule has 0 atom stereocenters. The van der Waals surface area contributed by atoms with Crippen LogP contribution in [0.3, 0.4) is 0 Å². The van der Waals surface area contributed by atoms with Crippen molar-refractivity contribution in [2.24, 2.45) is 0 Å². The van der Waals surface area contributed by atoms with Crippen molar-refractivity contribution in [1.29, 1.82) is 0 Å². The predicted octanol–water partition coefficient (Wildman–Crippen LogP) is 4.19. The van der Waals surface area contributed by atoms with Gasteiger partial charge in [-0.3, -0.25) is 4.79 Å². The van der Waals surface area contributed by atoms with Gasteiger partial charge in [0, 0.05) is 21.8 Å². The third-order valence-electron chi connectivity index (χ3n) is 2.76. The number of nitrogens with one attached hydrogen (secondary N) is 1. The minimum Gasteiger partial charge on any atom is -0.452 e. The molecule has 6 heteroatoms. The Bertz CT molecular complexity index is 710. The first-order valence-electron chi connectivity index (χ1n) is 6.69. The van der Waals surface area contributed by atoms with Crippen LogP contribution in [0.15, 0.2) is 54.6 Å². The molecule has 0 radical (unpaired) electrons. The van der Waals surface area contributed by atoms with Crippen LogP contribution in [0.5, 0.6) is 0 Å². The Morgan fingerprint density at radius 1 is 0.957 bits per heavy atom. The lowest BCUT2D eigenvalue weighted by molar-refractivity contribution is -0.142. The number of amides is 1. The zero-order chi connectivity index (χ0) is 16.7. The molecule has 0 aliphatic rings. The standard InChI is InChI=1S/C17H13Cl2NO3/c18-13-4-1-12(2-5-13)3-10-17(22)23-11-16(21)20-15-8-6-14(19)7-9-15/h1-10H,11H2,(H,20,21)/b10-3+. The molecule has 0 aromatic heterocycles. The molecule has 1 amide bonds. The van der Waals surface area contributed by atoms with Crippen LogP contribution >= 0.6 is 23.2 Å². The van der Waals surface area contributed by atoms with Crippen molar-refractivity contribution < 1.29 is 14.3 Å². The molecule has 0 bridgehead atoms. The summed E-state index contributed by atoms with van der Waals surface area (Å²) in [5.74, 6) is -1.04. The summed E-state index contributed by atoms with van der Waals surface area (Å²) < 4.78 is 4.86. The normalized spacial score (nSPS) is 10.5. The molecule has 0 heterocycles. The summed E-state index contributed by atoms with van der Waals surface area (Å²) in [5, 5.41) is 3.78. The van der Waals surface area contributed by atoms with Crippen LogP contribution in [0.1, 0.15) is 5.56 Å². The molecule has 0 fully saturated rings. The summed E-state index contributed by atoms with van der Waals surface area (Å²) >= 11 is 11.5. The minimum absolute atomic E-state index is 0.369. The summed E-state index contributed by atoms with van der Waals surface area (Å²) in [7, 11) is 0. The van der Waals surface area contributed by atoms with E-state index in [1.165, 1.54) is 6.08 Å². The number of hydrogen-bond donors (Lipinski definition) is 1. The topological polar surface area (TPSA) is 55.4 Å². The van der Waals surface area contributed by atoms with Crippen LogP contribution in [-0.4, -0.2) is 18.5 Å². The maximum Gasteiger partial charge on any atom is 0.331 e. The van der Waals surface area contributed by atoms with Gasteiger partial charge in [-0.15, -0.1) is 0 Å². The number of benzene rings is 2. The Hall–Kier alpha value is -2.30. The highest BCUT2D eigenvalue weighted by Crippen LogP contribution is 2.13. The zero-order valence-electron chi connectivity index (χ0n) is 12.0. The number of esters is 1. The molecule has 4 nitrogen and oxygen atoms in total. The number of rotatable bonds is 5. The summed E-state index contributed by atoms with van der Waals surface area (Å²) in [6.07, 6.45) is 2.83. The molecule has 0 unspecified atom stereocenters. The largest absolute Gasteiger partial charge is 0.452 e. The Kier molecular flexibility index (Phi) is 6.20. The summed E-state index contributed by atoms with van der Waals surface area (Å²) in [4.78, 5) is 23.2. The van der Waals surface area contributed by atoms with Crippen molar-refractivity contribution in [3.05, 3.63) is 70.2 Å². The SMILES string of the molecule is O=C(COC(=O)/C=C/c1ccc(Cl)cc1)Nc1ccc(Cl)cc1. The highest BCUT2D eigenvalue weighted by atomic mass is 35.5. The quantitative estimate of drug-likeness (QED) is 0.650. The highest BCUT2D eigenvalue weighted by Gasteiger charge is 2.05. The van der Waals surface area contributed by atoms with E-state index in [4.69, 9.17) is 27.9 Å². The first kappa shape index (κ1) is 17.1. The van der Waals surface area contributed by atoms with Gasteiger partial charge in [0.15, 0.2) is 6.61 Å². The lowest BCUT2D eigenvalue weighted by Gasteiger charge is -2.05. The molecule has 0 saturated heterocycles. The van der Waals surface area contributed by atoms with E-state index in [9.17, 15) is 9.59 Å². The van der Waals surface area contributed by atoms with Crippen molar-refractivity contribution in [1.82, 2.24) is 0 Å². The molecule has 0 aliphatic carbocycles. The monoisotopic (exact) mass is 349 g/mol. The van der Waals surface area contributed by atoms with Crippen molar-refractivity contribution in [3.8, 4) is 0 Å². The van der Waals surface area contributed by atoms with Gasteiger partial charge in [-0.2, -0.15) is 0 Å². The molecule has 0 aliphatic heterocycles. The van der Waals surface area contributed by atoms with Crippen molar-refractivity contribution >= 4 is 46.8 Å². The molecule has 0 saturated carbocycles. The fourth-order valence-corrected chi connectivity index (χ4v) is 1.91. The predicted molar refractivity (Wildman–Crippen MR) is 91.5 cm³/mol. The van der Waals surface area contributed by atoms with Gasteiger partial charge >= 0.3 is 5.97 Å². The van der Waals surface area contributed by atoms with Crippen LogP contribution in [0.25, 0.3) is 6.08 Å². The second kappa shape index (κ2) is 8.36. The average molecular weight is 350 g/mol. The van der Waals surface area contributed by atoms with Gasteiger partial charge in [0.2, 0.25) is 0 Å². The van der Waals surface area contributed by atoms with Crippen LogP contribution in [0.4, 0.5) is 5.69 Å². The first-order chi connectivity index (χ1) is 11.0. The van der Waals surface area contributed by atoms with E-state index in [1.54, 1.807) is 54.6 Å². The minimum atomic E-state index is -0.605.